The highest BCUT2D eigenvalue weighted by Gasteiger charge is 2.37. The summed E-state index contributed by atoms with van der Waals surface area (Å²) in [4.78, 5) is 24.6. The highest BCUT2D eigenvalue weighted by atomic mass is 31.2. The number of ether oxygens (including phenoxy) is 1. The van der Waals surface area contributed by atoms with Crippen LogP contribution >= 0.6 is 7.60 Å². The molecule has 190 valence electrons. The largest absolute Gasteiger partial charge is 0.480 e. The Morgan fingerprint density at radius 1 is 0.914 bits per heavy atom. The van der Waals surface area contributed by atoms with Gasteiger partial charge in [0.05, 0.1) is 18.4 Å². The lowest BCUT2D eigenvalue weighted by atomic mass is 9.98. The maximum Gasteiger partial charge on any atom is 0.407 e. The maximum atomic E-state index is 13.2. The lowest BCUT2D eigenvalue weighted by Crippen LogP contribution is -2.46. The number of benzene rings is 2. The van der Waals surface area contributed by atoms with Crippen molar-refractivity contribution in [1.82, 2.24) is 5.32 Å². The zero-order chi connectivity index (χ0) is 25.8. The number of fused-ring (bicyclic) bond motifs is 3. The first-order chi connectivity index (χ1) is 16.5. The Balaban J connectivity index is 1.67. The molecule has 0 fully saturated rings. The summed E-state index contributed by atoms with van der Waals surface area (Å²) < 4.78 is 29.8. The topological polar surface area (TPSA) is 111 Å². The first-order valence-corrected chi connectivity index (χ1v) is 13.5. The molecule has 1 amide bonds. The van der Waals surface area contributed by atoms with E-state index in [0.29, 0.717) is 0 Å². The zero-order valence-electron chi connectivity index (χ0n) is 20.8. The fourth-order valence-corrected chi connectivity index (χ4v) is 6.85. The highest BCUT2D eigenvalue weighted by molar-refractivity contribution is 7.53. The second kappa shape index (κ2) is 11.4. The number of hydrogen-bond acceptors (Lipinski definition) is 6. The zero-order valence-corrected chi connectivity index (χ0v) is 21.7. The minimum absolute atomic E-state index is 0.0615. The summed E-state index contributed by atoms with van der Waals surface area (Å²) in [7, 11) is -3.59. The third kappa shape index (κ3) is 6.72. The van der Waals surface area contributed by atoms with Crippen molar-refractivity contribution in [2.75, 3.05) is 12.8 Å². The Labute approximate surface area is 206 Å². The molecule has 1 aliphatic carbocycles. The van der Waals surface area contributed by atoms with Crippen LogP contribution in [0, 0.1) is 5.92 Å². The van der Waals surface area contributed by atoms with Crippen molar-refractivity contribution in [2.24, 2.45) is 5.92 Å². The monoisotopic (exact) mass is 503 g/mol. The average Bonchev–Trinajstić information content (AvgIpc) is 3.08. The predicted octanol–water partition coefficient (Wildman–Crippen LogP) is 5.66. The first-order valence-electron chi connectivity index (χ1n) is 11.8. The van der Waals surface area contributed by atoms with E-state index in [9.17, 15) is 19.3 Å². The average molecular weight is 504 g/mol. The van der Waals surface area contributed by atoms with Crippen molar-refractivity contribution in [3.63, 3.8) is 0 Å². The minimum atomic E-state index is -3.59. The number of nitrogens with one attached hydrogen (secondary N) is 1. The summed E-state index contributed by atoms with van der Waals surface area (Å²) >= 11 is 0. The van der Waals surface area contributed by atoms with Crippen LogP contribution in [0.25, 0.3) is 11.1 Å². The van der Waals surface area contributed by atoms with Gasteiger partial charge in [0.15, 0.2) is 0 Å². The third-order valence-corrected chi connectivity index (χ3v) is 8.22. The molecule has 0 saturated heterocycles. The van der Waals surface area contributed by atoms with Gasteiger partial charge >= 0.3 is 19.7 Å². The quantitative estimate of drug-likeness (QED) is 0.381. The van der Waals surface area contributed by atoms with E-state index in [2.05, 4.69) is 5.32 Å². The van der Waals surface area contributed by atoms with E-state index < -0.39 is 31.6 Å². The number of carboxylic acids is 1. The van der Waals surface area contributed by atoms with Gasteiger partial charge in [0.2, 0.25) is 0 Å². The predicted molar refractivity (Wildman–Crippen MR) is 134 cm³/mol. The fraction of sp³-hybridized carbons (Fsp3) is 0.462. The lowest BCUT2D eigenvalue weighted by molar-refractivity contribution is -0.140. The molecule has 2 N–H and O–H groups in total. The molecule has 35 heavy (non-hydrogen) atoms. The molecule has 0 aliphatic heterocycles. The molecule has 2 aromatic carbocycles. The van der Waals surface area contributed by atoms with Gasteiger partial charge in [0.25, 0.3) is 0 Å². The molecule has 0 spiro atoms. The van der Waals surface area contributed by atoms with Crippen molar-refractivity contribution in [3.05, 3.63) is 59.7 Å². The molecule has 9 heteroatoms. The van der Waals surface area contributed by atoms with Crippen LogP contribution in [0.2, 0.25) is 0 Å². The van der Waals surface area contributed by atoms with E-state index in [0.717, 1.165) is 22.3 Å². The molecular weight excluding hydrogens is 469 g/mol. The number of alkyl carbamates (subject to hydrolysis) is 1. The number of hydrogen-bond donors (Lipinski definition) is 2. The smallest absolute Gasteiger partial charge is 0.407 e. The summed E-state index contributed by atoms with van der Waals surface area (Å²) in [6.45, 7) is 8.55. The van der Waals surface area contributed by atoms with Gasteiger partial charge in [0, 0.05) is 5.92 Å². The van der Waals surface area contributed by atoms with E-state index in [1.807, 2.05) is 48.5 Å². The van der Waals surface area contributed by atoms with Gasteiger partial charge < -0.3 is 24.2 Å². The first kappa shape index (κ1) is 26.9. The second-order valence-electron chi connectivity index (χ2n) is 9.36. The molecule has 2 atom stereocenters. The van der Waals surface area contributed by atoms with Gasteiger partial charge in [-0.25, -0.2) is 9.59 Å². The number of amides is 1. The van der Waals surface area contributed by atoms with Crippen LogP contribution in [0.3, 0.4) is 0 Å². The summed E-state index contributed by atoms with van der Waals surface area (Å²) in [5.74, 6) is -2.14. The number of carbonyl (C=O) groups excluding carboxylic acids is 1. The van der Waals surface area contributed by atoms with Gasteiger partial charge in [-0.2, -0.15) is 0 Å². The van der Waals surface area contributed by atoms with Crippen LogP contribution in [0.4, 0.5) is 4.79 Å². The SMILES string of the molecule is CC(C)OP(=O)(C[C@H](C)[C@H](NC(=O)OCC1c2ccccc2-c2ccccc21)C(=O)O)OC(C)C. The third-order valence-electron chi connectivity index (χ3n) is 5.71. The Bertz CT molecular complexity index is 1040. The summed E-state index contributed by atoms with van der Waals surface area (Å²) in [5.41, 5.74) is 4.31. The number of aliphatic carboxylic acids is 1. The van der Waals surface area contributed by atoms with Crippen LogP contribution in [-0.2, 0) is 23.1 Å². The standard InChI is InChI=1S/C26H34NO7P/c1-16(2)33-35(31,34-17(3)4)15-18(5)24(25(28)29)27-26(30)32-14-23-21-12-8-6-10-19(21)20-11-7-9-13-22(20)23/h6-13,16-18,23-24H,14-15H2,1-5H3,(H,27,30)(H,28,29)/t18-,24-/m0/s1. The molecule has 0 unspecified atom stereocenters. The lowest BCUT2D eigenvalue weighted by Gasteiger charge is -2.28. The normalized spacial score (nSPS) is 14.9. The molecule has 8 nitrogen and oxygen atoms in total. The molecule has 0 heterocycles. The Morgan fingerprint density at radius 2 is 1.40 bits per heavy atom. The van der Waals surface area contributed by atoms with Crippen LogP contribution in [-0.4, -0.2) is 48.2 Å². The van der Waals surface area contributed by atoms with Gasteiger partial charge in [-0.1, -0.05) is 55.5 Å². The van der Waals surface area contributed by atoms with Crippen LogP contribution < -0.4 is 5.32 Å². The van der Waals surface area contributed by atoms with E-state index in [1.165, 1.54) is 0 Å². The molecule has 0 radical (unpaired) electrons. The Hall–Kier alpha value is -2.67. The molecule has 0 saturated carbocycles. The van der Waals surface area contributed by atoms with E-state index in [1.54, 1.807) is 34.6 Å². The van der Waals surface area contributed by atoms with Crippen LogP contribution in [0.15, 0.2) is 48.5 Å². The molecule has 1 aliphatic rings. The van der Waals surface area contributed by atoms with Crippen LogP contribution in [0.1, 0.15) is 51.7 Å². The molecule has 2 aromatic rings. The summed E-state index contributed by atoms with van der Waals surface area (Å²) in [5, 5.41) is 12.2. The number of carbonyl (C=O) groups is 2. The molecule has 0 bridgehead atoms. The van der Waals surface area contributed by atoms with Gasteiger partial charge in [-0.15, -0.1) is 0 Å². The van der Waals surface area contributed by atoms with E-state index in [4.69, 9.17) is 13.8 Å². The Kier molecular flexibility index (Phi) is 8.75. The highest BCUT2D eigenvalue weighted by Crippen LogP contribution is 2.52. The van der Waals surface area contributed by atoms with Crippen molar-refractivity contribution in [3.8, 4) is 11.1 Å². The molecular formula is C26H34NO7P. The van der Waals surface area contributed by atoms with E-state index >= 15 is 0 Å². The minimum Gasteiger partial charge on any atom is -0.480 e. The number of carboxylic acid groups (broad SMARTS) is 1. The molecule has 3 rings (SSSR count). The van der Waals surface area contributed by atoms with Crippen molar-refractivity contribution in [1.29, 1.82) is 0 Å². The fourth-order valence-electron chi connectivity index (χ4n) is 4.43. The summed E-state index contributed by atoms with van der Waals surface area (Å²) in [6, 6.07) is 14.6. The van der Waals surface area contributed by atoms with E-state index in [-0.39, 0.29) is 30.9 Å². The van der Waals surface area contributed by atoms with Gasteiger partial charge in [-0.3, -0.25) is 4.57 Å². The summed E-state index contributed by atoms with van der Waals surface area (Å²) in [6.07, 6.45) is -1.75. The van der Waals surface area contributed by atoms with Gasteiger partial charge in [0.1, 0.15) is 12.6 Å². The maximum absolute atomic E-state index is 13.2. The molecule has 0 aromatic heterocycles. The van der Waals surface area contributed by atoms with Crippen molar-refractivity contribution < 1.29 is 33.0 Å². The van der Waals surface area contributed by atoms with Crippen LogP contribution in [0.5, 0.6) is 0 Å². The van der Waals surface area contributed by atoms with Gasteiger partial charge in [-0.05, 0) is 55.9 Å². The Morgan fingerprint density at radius 3 is 1.86 bits per heavy atom. The second-order valence-corrected chi connectivity index (χ2v) is 11.4. The number of rotatable bonds is 11. The van der Waals surface area contributed by atoms with Crippen molar-refractivity contribution in [2.45, 2.75) is 58.8 Å². The van der Waals surface area contributed by atoms with Crippen molar-refractivity contribution >= 4 is 19.7 Å².